The topological polar surface area (TPSA) is 112 Å². The maximum atomic E-state index is 12.1. The lowest BCUT2D eigenvalue weighted by Gasteiger charge is -2.17. The largest absolute Gasteiger partial charge is 0.480 e. The first-order valence-electron chi connectivity index (χ1n) is 5.85. The first-order valence-corrected chi connectivity index (χ1v) is 7.88. The van der Waals surface area contributed by atoms with Gasteiger partial charge in [-0.1, -0.05) is 11.6 Å². The Hall–Kier alpha value is -1.64. The molecule has 0 radical (unpaired) electrons. The van der Waals surface area contributed by atoms with E-state index < -0.39 is 34.9 Å². The van der Waals surface area contributed by atoms with E-state index in [1.165, 1.54) is 24.3 Å². The predicted octanol–water partition coefficient (Wildman–Crippen LogP) is 0.585. The summed E-state index contributed by atoms with van der Waals surface area (Å²) >= 11 is 5.67. The molecule has 0 fully saturated rings. The number of halogens is 1. The molecule has 0 aliphatic rings. The molecule has 1 aromatic rings. The Kier molecular flexibility index (Phi) is 6.13. The lowest BCUT2D eigenvalue weighted by atomic mass is 10.4. The third kappa shape index (κ3) is 6.11. The Bertz CT molecular complexity index is 597. The molecule has 0 heterocycles. The van der Waals surface area contributed by atoms with Gasteiger partial charge in [-0.15, -0.1) is 0 Å². The lowest BCUT2D eigenvalue weighted by molar-refractivity contribution is -0.141. The average Bonchev–Trinajstić information content (AvgIpc) is 2.35. The molecule has 0 aliphatic heterocycles. The highest BCUT2D eigenvalue weighted by Crippen LogP contribution is 2.15. The van der Waals surface area contributed by atoms with Crippen molar-refractivity contribution in [2.45, 2.75) is 4.90 Å². The maximum Gasteiger partial charge on any atom is 0.317 e. The van der Waals surface area contributed by atoms with E-state index in [0.29, 0.717) is 5.02 Å². The Morgan fingerprint density at radius 1 is 1.05 bits per heavy atom. The standard InChI is InChI=1S/C12H14ClNO6S/c13-9-1-3-10(4-2-9)21(19,20)6-5-14(7-11(15)16)8-12(17)18/h1-4H,5-8H2,(H,15,16)(H,17,18). The third-order valence-corrected chi connectivity index (χ3v) is 4.53. The number of carboxylic acid groups (broad SMARTS) is 2. The van der Waals surface area contributed by atoms with Crippen LogP contribution >= 0.6 is 11.6 Å². The van der Waals surface area contributed by atoms with Crippen LogP contribution in [-0.2, 0) is 19.4 Å². The SMILES string of the molecule is O=C(O)CN(CCS(=O)(=O)c1ccc(Cl)cc1)CC(=O)O. The Morgan fingerprint density at radius 3 is 1.95 bits per heavy atom. The second-order valence-corrected chi connectivity index (χ2v) is 6.82. The van der Waals surface area contributed by atoms with Gasteiger partial charge in [0.15, 0.2) is 9.84 Å². The summed E-state index contributed by atoms with van der Waals surface area (Å²) in [6, 6.07) is 5.55. The molecule has 0 saturated carbocycles. The second kappa shape index (κ2) is 7.39. The minimum absolute atomic E-state index is 0.0532. The summed E-state index contributed by atoms with van der Waals surface area (Å²) in [5, 5.41) is 17.7. The van der Waals surface area contributed by atoms with Crippen LogP contribution in [-0.4, -0.2) is 60.9 Å². The Balaban J connectivity index is 2.75. The van der Waals surface area contributed by atoms with Crippen LogP contribution in [0, 0.1) is 0 Å². The highest BCUT2D eigenvalue weighted by atomic mass is 35.5. The molecule has 0 bridgehead atoms. The number of carbonyl (C=O) groups is 2. The smallest absolute Gasteiger partial charge is 0.317 e. The summed E-state index contributed by atoms with van der Waals surface area (Å²) in [5.74, 6) is -2.82. The highest BCUT2D eigenvalue weighted by Gasteiger charge is 2.19. The summed E-state index contributed by atoms with van der Waals surface area (Å²) < 4.78 is 24.1. The van der Waals surface area contributed by atoms with Crippen LogP contribution in [0.5, 0.6) is 0 Å². The van der Waals surface area contributed by atoms with Crippen LogP contribution in [0.25, 0.3) is 0 Å². The fourth-order valence-corrected chi connectivity index (χ4v) is 3.02. The van der Waals surface area contributed by atoms with Gasteiger partial charge in [-0.25, -0.2) is 8.42 Å². The van der Waals surface area contributed by atoms with E-state index in [4.69, 9.17) is 21.8 Å². The summed E-state index contributed by atoms with van der Waals surface area (Å²) in [7, 11) is -3.63. The number of nitrogens with zero attached hydrogens (tertiary/aromatic N) is 1. The van der Waals surface area contributed by atoms with Crippen molar-refractivity contribution in [3.63, 3.8) is 0 Å². The van der Waals surface area contributed by atoms with Gasteiger partial charge in [-0.3, -0.25) is 14.5 Å². The van der Waals surface area contributed by atoms with Gasteiger partial charge in [-0.05, 0) is 24.3 Å². The predicted molar refractivity (Wildman–Crippen MR) is 75.2 cm³/mol. The van der Waals surface area contributed by atoms with Gasteiger partial charge >= 0.3 is 11.9 Å². The number of carboxylic acids is 2. The molecule has 0 atom stereocenters. The van der Waals surface area contributed by atoms with Crippen molar-refractivity contribution in [2.24, 2.45) is 0 Å². The molecular formula is C12H14ClNO6S. The van der Waals surface area contributed by atoms with Crippen LogP contribution < -0.4 is 0 Å². The molecule has 0 unspecified atom stereocenters. The summed E-state index contributed by atoms with van der Waals surface area (Å²) in [6.45, 7) is -1.27. The summed E-state index contributed by atoms with van der Waals surface area (Å²) in [4.78, 5) is 22.3. The van der Waals surface area contributed by atoms with Crippen molar-refractivity contribution >= 4 is 33.4 Å². The van der Waals surface area contributed by atoms with E-state index in [2.05, 4.69) is 0 Å². The molecule has 9 heteroatoms. The molecule has 0 spiro atoms. The minimum atomic E-state index is -3.63. The minimum Gasteiger partial charge on any atom is -0.480 e. The number of hydrogen-bond acceptors (Lipinski definition) is 5. The molecule has 1 rings (SSSR count). The average molecular weight is 336 g/mol. The zero-order valence-corrected chi connectivity index (χ0v) is 12.5. The first kappa shape index (κ1) is 17.4. The van der Waals surface area contributed by atoms with E-state index >= 15 is 0 Å². The van der Waals surface area contributed by atoms with Gasteiger partial charge in [0.2, 0.25) is 0 Å². The Labute approximate surface area is 126 Å². The van der Waals surface area contributed by atoms with Crippen LogP contribution in [0.4, 0.5) is 0 Å². The Morgan fingerprint density at radius 2 is 1.52 bits per heavy atom. The lowest BCUT2D eigenvalue weighted by Crippen LogP contribution is -2.37. The van der Waals surface area contributed by atoms with Crippen molar-refractivity contribution in [3.05, 3.63) is 29.3 Å². The molecule has 7 nitrogen and oxygen atoms in total. The van der Waals surface area contributed by atoms with Crippen LogP contribution in [0.15, 0.2) is 29.2 Å². The van der Waals surface area contributed by atoms with Crippen molar-refractivity contribution in [1.29, 1.82) is 0 Å². The van der Waals surface area contributed by atoms with Crippen molar-refractivity contribution < 1.29 is 28.2 Å². The fourth-order valence-electron chi connectivity index (χ4n) is 1.61. The van der Waals surface area contributed by atoms with E-state index in [1.807, 2.05) is 0 Å². The zero-order chi connectivity index (χ0) is 16.0. The van der Waals surface area contributed by atoms with Gasteiger partial charge < -0.3 is 10.2 Å². The van der Waals surface area contributed by atoms with Gasteiger partial charge in [0.1, 0.15) is 0 Å². The number of benzene rings is 1. The molecule has 0 amide bonds. The zero-order valence-electron chi connectivity index (χ0n) is 10.9. The summed E-state index contributed by atoms with van der Waals surface area (Å²) in [6.07, 6.45) is 0. The van der Waals surface area contributed by atoms with Crippen molar-refractivity contribution in [3.8, 4) is 0 Å². The fraction of sp³-hybridized carbons (Fsp3) is 0.333. The van der Waals surface area contributed by atoms with Crippen molar-refractivity contribution in [1.82, 2.24) is 4.90 Å². The molecule has 0 aliphatic carbocycles. The van der Waals surface area contributed by atoms with Crippen LogP contribution in [0.2, 0.25) is 5.02 Å². The summed E-state index contributed by atoms with van der Waals surface area (Å²) in [5.41, 5.74) is 0. The second-order valence-electron chi connectivity index (χ2n) is 4.27. The van der Waals surface area contributed by atoms with E-state index in [0.717, 1.165) is 4.90 Å². The first-order chi connectivity index (χ1) is 9.70. The number of sulfone groups is 1. The number of rotatable bonds is 8. The normalized spacial score (nSPS) is 11.5. The van der Waals surface area contributed by atoms with Gasteiger partial charge in [0, 0.05) is 11.6 Å². The molecule has 1 aromatic carbocycles. The highest BCUT2D eigenvalue weighted by molar-refractivity contribution is 7.91. The monoisotopic (exact) mass is 335 g/mol. The van der Waals surface area contributed by atoms with Gasteiger partial charge in [0.05, 0.1) is 23.7 Å². The number of hydrogen-bond donors (Lipinski definition) is 2. The van der Waals surface area contributed by atoms with Crippen LogP contribution in [0.3, 0.4) is 0 Å². The maximum absolute atomic E-state index is 12.1. The van der Waals surface area contributed by atoms with E-state index in [1.54, 1.807) is 0 Å². The molecular weight excluding hydrogens is 322 g/mol. The van der Waals surface area contributed by atoms with E-state index in [9.17, 15) is 18.0 Å². The van der Waals surface area contributed by atoms with Crippen molar-refractivity contribution in [2.75, 3.05) is 25.4 Å². The van der Waals surface area contributed by atoms with Gasteiger partial charge in [0.25, 0.3) is 0 Å². The third-order valence-electron chi connectivity index (χ3n) is 2.57. The molecule has 2 N–H and O–H groups in total. The molecule has 21 heavy (non-hydrogen) atoms. The number of aliphatic carboxylic acids is 2. The molecule has 0 saturated heterocycles. The quantitative estimate of drug-likeness (QED) is 0.714. The molecule has 116 valence electrons. The van der Waals surface area contributed by atoms with E-state index in [-0.39, 0.29) is 17.2 Å². The van der Waals surface area contributed by atoms with Gasteiger partial charge in [-0.2, -0.15) is 0 Å². The molecule has 0 aromatic heterocycles. The van der Waals surface area contributed by atoms with Crippen LogP contribution in [0.1, 0.15) is 0 Å².